The van der Waals surface area contributed by atoms with Crippen LogP contribution in [0.1, 0.15) is 29.8 Å². The van der Waals surface area contributed by atoms with Gasteiger partial charge in [0.1, 0.15) is 5.75 Å². The summed E-state index contributed by atoms with van der Waals surface area (Å²) in [5, 5.41) is 16.7. The molecule has 0 aliphatic carbocycles. The van der Waals surface area contributed by atoms with E-state index in [2.05, 4.69) is 20.5 Å². The standard InChI is InChI=1S/C18H16N4O2S/c1-11(14-4-3-7-19-9-14)21-22-18-20-16(10-25-18)15-8-13(12(2)23)5-6-17(15)24/h3-10,24H,1-2H3,(H,20,22)/b21-11+. The summed E-state index contributed by atoms with van der Waals surface area (Å²) >= 11 is 1.36. The van der Waals surface area contributed by atoms with E-state index in [4.69, 9.17) is 0 Å². The molecule has 0 amide bonds. The molecule has 0 aliphatic heterocycles. The van der Waals surface area contributed by atoms with Crippen molar-refractivity contribution in [1.82, 2.24) is 9.97 Å². The Balaban J connectivity index is 1.81. The van der Waals surface area contributed by atoms with E-state index in [0.717, 1.165) is 11.3 Å². The molecular weight excluding hydrogens is 336 g/mol. The molecule has 1 aromatic carbocycles. The molecule has 6 nitrogen and oxygen atoms in total. The number of carbonyl (C=O) groups excluding carboxylic acids is 1. The largest absolute Gasteiger partial charge is 0.507 e. The highest BCUT2D eigenvalue weighted by Gasteiger charge is 2.11. The first kappa shape index (κ1) is 16.8. The fraction of sp³-hybridized carbons (Fsp3) is 0.111. The minimum absolute atomic E-state index is 0.0634. The van der Waals surface area contributed by atoms with Crippen molar-refractivity contribution in [2.24, 2.45) is 5.10 Å². The van der Waals surface area contributed by atoms with Gasteiger partial charge in [0.15, 0.2) is 5.78 Å². The summed E-state index contributed by atoms with van der Waals surface area (Å²) in [6.07, 6.45) is 3.44. The van der Waals surface area contributed by atoms with Gasteiger partial charge in [-0.05, 0) is 38.1 Å². The van der Waals surface area contributed by atoms with E-state index >= 15 is 0 Å². The lowest BCUT2D eigenvalue weighted by molar-refractivity contribution is 0.101. The molecular formula is C18H16N4O2S. The van der Waals surface area contributed by atoms with Crippen LogP contribution in [0.15, 0.2) is 53.2 Å². The molecule has 7 heteroatoms. The molecule has 0 spiro atoms. The molecule has 0 unspecified atom stereocenters. The van der Waals surface area contributed by atoms with E-state index in [1.54, 1.807) is 29.9 Å². The number of hydrogen-bond donors (Lipinski definition) is 2. The fourth-order valence-electron chi connectivity index (χ4n) is 2.18. The Morgan fingerprint density at radius 2 is 2.08 bits per heavy atom. The van der Waals surface area contributed by atoms with Crippen LogP contribution in [0.2, 0.25) is 0 Å². The van der Waals surface area contributed by atoms with Gasteiger partial charge in [0.05, 0.1) is 11.4 Å². The van der Waals surface area contributed by atoms with Crippen molar-refractivity contribution in [3.8, 4) is 17.0 Å². The minimum atomic E-state index is -0.0634. The van der Waals surface area contributed by atoms with E-state index in [1.165, 1.54) is 24.3 Å². The third-order valence-corrected chi connectivity index (χ3v) is 4.33. The lowest BCUT2D eigenvalue weighted by Gasteiger charge is -2.03. The van der Waals surface area contributed by atoms with Crippen LogP contribution in [0.4, 0.5) is 5.13 Å². The van der Waals surface area contributed by atoms with E-state index < -0.39 is 0 Å². The maximum absolute atomic E-state index is 11.5. The number of aromatic nitrogens is 2. The van der Waals surface area contributed by atoms with Crippen molar-refractivity contribution >= 4 is 28.0 Å². The number of benzene rings is 1. The lowest BCUT2D eigenvalue weighted by atomic mass is 10.1. The predicted molar refractivity (Wildman–Crippen MR) is 99.3 cm³/mol. The fourth-order valence-corrected chi connectivity index (χ4v) is 2.83. The Kier molecular flexibility index (Phi) is 4.85. The van der Waals surface area contributed by atoms with Crippen molar-refractivity contribution in [2.45, 2.75) is 13.8 Å². The summed E-state index contributed by atoms with van der Waals surface area (Å²) in [6.45, 7) is 3.36. The summed E-state index contributed by atoms with van der Waals surface area (Å²) in [5.74, 6) is 0.0171. The number of aromatic hydroxyl groups is 1. The number of carbonyl (C=O) groups is 1. The van der Waals surface area contributed by atoms with Crippen molar-refractivity contribution in [1.29, 1.82) is 0 Å². The first-order chi connectivity index (χ1) is 12.0. The van der Waals surface area contributed by atoms with E-state index in [1.807, 2.05) is 19.1 Å². The number of phenolic OH excluding ortho intramolecular Hbond substituents is 1. The number of nitrogens with zero attached hydrogens (tertiary/aromatic N) is 3. The first-order valence-electron chi connectivity index (χ1n) is 7.55. The summed E-state index contributed by atoms with van der Waals surface area (Å²) in [6, 6.07) is 8.50. The van der Waals surface area contributed by atoms with Gasteiger partial charge in [-0.2, -0.15) is 5.10 Å². The number of ketones is 1. The molecule has 2 N–H and O–H groups in total. The van der Waals surface area contributed by atoms with Crippen LogP contribution in [0.5, 0.6) is 5.75 Å². The molecule has 0 aliphatic rings. The summed E-state index contributed by atoms with van der Waals surface area (Å²) < 4.78 is 0. The van der Waals surface area contributed by atoms with Gasteiger partial charge < -0.3 is 5.11 Å². The molecule has 0 saturated carbocycles. The molecule has 0 radical (unpaired) electrons. The first-order valence-corrected chi connectivity index (χ1v) is 8.43. The van der Waals surface area contributed by atoms with Gasteiger partial charge in [-0.1, -0.05) is 6.07 Å². The second-order valence-electron chi connectivity index (χ2n) is 5.38. The van der Waals surface area contributed by atoms with Crippen molar-refractivity contribution in [3.63, 3.8) is 0 Å². The van der Waals surface area contributed by atoms with Gasteiger partial charge in [0.25, 0.3) is 0 Å². The van der Waals surface area contributed by atoms with Crippen molar-refractivity contribution < 1.29 is 9.90 Å². The second kappa shape index (κ2) is 7.23. The zero-order chi connectivity index (χ0) is 17.8. The van der Waals surface area contributed by atoms with Crippen molar-refractivity contribution in [2.75, 3.05) is 5.43 Å². The number of hydrogen-bond acceptors (Lipinski definition) is 7. The Hall–Kier alpha value is -3.06. The predicted octanol–water partition coefficient (Wildman–Crippen LogP) is 3.95. The zero-order valence-electron chi connectivity index (χ0n) is 13.7. The second-order valence-corrected chi connectivity index (χ2v) is 6.23. The van der Waals surface area contributed by atoms with Crippen LogP contribution < -0.4 is 5.43 Å². The van der Waals surface area contributed by atoms with Gasteiger partial charge >= 0.3 is 0 Å². The highest BCUT2D eigenvalue weighted by molar-refractivity contribution is 7.14. The Labute approximate surface area is 148 Å². The molecule has 3 rings (SSSR count). The number of hydrazone groups is 1. The van der Waals surface area contributed by atoms with E-state index in [-0.39, 0.29) is 11.5 Å². The summed E-state index contributed by atoms with van der Waals surface area (Å²) in [7, 11) is 0. The van der Waals surface area contributed by atoms with Gasteiger partial charge in [-0.3, -0.25) is 15.2 Å². The molecule has 2 heterocycles. The number of rotatable bonds is 5. The Bertz CT molecular complexity index is 935. The Morgan fingerprint density at radius 3 is 2.80 bits per heavy atom. The molecule has 25 heavy (non-hydrogen) atoms. The summed E-state index contributed by atoms with van der Waals surface area (Å²) in [5.41, 5.74) is 6.24. The number of pyridine rings is 1. The zero-order valence-corrected chi connectivity index (χ0v) is 14.5. The molecule has 0 bridgehead atoms. The van der Waals surface area contributed by atoms with Crippen LogP contribution in [0, 0.1) is 0 Å². The highest BCUT2D eigenvalue weighted by atomic mass is 32.1. The number of anilines is 1. The maximum Gasteiger partial charge on any atom is 0.203 e. The van der Waals surface area contributed by atoms with Gasteiger partial charge in [0, 0.05) is 34.5 Å². The van der Waals surface area contributed by atoms with Gasteiger partial charge in [-0.25, -0.2) is 4.98 Å². The van der Waals surface area contributed by atoms with Gasteiger partial charge in [-0.15, -0.1) is 11.3 Å². The Morgan fingerprint density at radius 1 is 1.24 bits per heavy atom. The number of Topliss-reactive ketones (excluding diaryl/α,β-unsaturated/α-hetero) is 1. The average Bonchev–Trinajstić information content (AvgIpc) is 3.09. The molecule has 2 aromatic heterocycles. The topological polar surface area (TPSA) is 87.5 Å². The van der Waals surface area contributed by atoms with E-state index in [0.29, 0.717) is 22.0 Å². The lowest BCUT2D eigenvalue weighted by Crippen LogP contribution is -1.99. The molecule has 0 atom stereocenters. The minimum Gasteiger partial charge on any atom is -0.507 e. The number of phenols is 1. The number of thiazole rings is 1. The van der Waals surface area contributed by atoms with Crippen LogP contribution in [-0.4, -0.2) is 26.6 Å². The molecule has 0 fully saturated rings. The van der Waals surface area contributed by atoms with Crippen LogP contribution >= 0.6 is 11.3 Å². The number of nitrogens with one attached hydrogen (secondary N) is 1. The average molecular weight is 352 g/mol. The third-order valence-electron chi connectivity index (χ3n) is 3.58. The van der Waals surface area contributed by atoms with E-state index in [9.17, 15) is 9.90 Å². The maximum atomic E-state index is 11.5. The summed E-state index contributed by atoms with van der Waals surface area (Å²) in [4.78, 5) is 20.0. The monoisotopic (exact) mass is 352 g/mol. The quantitative estimate of drug-likeness (QED) is 0.412. The smallest absolute Gasteiger partial charge is 0.203 e. The molecule has 0 saturated heterocycles. The normalized spacial score (nSPS) is 11.4. The molecule has 126 valence electrons. The van der Waals surface area contributed by atoms with Crippen LogP contribution in [0.25, 0.3) is 11.3 Å². The highest BCUT2D eigenvalue weighted by Crippen LogP contribution is 2.32. The van der Waals surface area contributed by atoms with Crippen molar-refractivity contribution in [3.05, 3.63) is 59.2 Å². The van der Waals surface area contributed by atoms with Crippen LogP contribution in [-0.2, 0) is 0 Å². The SMILES string of the molecule is CC(=O)c1ccc(O)c(-c2csc(N/N=C(\C)c3cccnc3)n2)c1. The van der Waals surface area contributed by atoms with Crippen LogP contribution in [0.3, 0.4) is 0 Å². The van der Waals surface area contributed by atoms with Gasteiger partial charge in [0.2, 0.25) is 5.13 Å². The third kappa shape index (κ3) is 3.89. The molecule has 3 aromatic rings.